The first kappa shape index (κ1) is 17.7. The zero-order valence-corrected chi connectivity index (χ0v) is 14.2. The number of carboxylic acids is 1. The maximum atomic E-state index is 12.1. The van der Waals surface area contributed by atoms with Crippen molar-refractivity contribution >= 4 is 27.8 Å². The van der Waals surface area contributed by atoms with E-state index in [-0.39, 0.29) is 18.2 Å². The molecule has 1 unspecified atom stereocenters. The number of halogens is 1. The van der Waals surface area contributed by atoms with E-state index in [4.69, 9.17) is 5.11 Å². The predicted octanol–water partition coefficient (Wildman–Crippen LogP) is 3.39. The third-order valence-electron chi connectivity index (χ3n) is 3.77. The fraction of sp³-hybridized carbons (Fsp3) is 0.500. The van der Waals surface area contributed by atoms with Gasteiger partial charge in [0.25, 0.3) is 0 Å². The van der Waals surface area contributed by atoms with Gasteiger partial charge in [0.2, 0.25) is 5.91 Å². The molecule has 21 heavy (non-hydrogen) atoms. The van der Waals surface area contributed by atoms with Gasteiger partial charge in [0.05, 0.1) is 6.42 Å². The Balaban J connectivity index is 2.58. The highest BCUT2D eigenvalue weighted by molar-refractivity contribution is 9.10. The van der Waals surface area contributed by atoms with Crippen LogP contribution in [0.3, 0.4) is 0 Å². The fourth-order valence-electron chi connectivity index (χ4n) is 2.00. The lowest BCUT2D eigenvalue weighted by Crippen LogP contribution is -2.51. The van der Waals surface area contributed by atoms with E-state index < -0.39 is 11.5 Å². The summed E-state index contributed by atoms with van der Waals surface area (Å²) in [5.74, 6) is -0.972. The molecule has 0 radical (unpaired) electrons. The Morgan fingerprint density at radius 2 is 1.86 bits per heavy atom. The zero-order valence-electron chi connectivity index (χ0n) is 12.6. The summed E-state index contributed by atoms with van der Waals surface area (Å²) in [4.78, 5) is 23.0. The first-order valence-corrected chi connectivity index (χ1v) is 7.79. The molecule has 1 aromatic carbocycles. The summed E-state index contributed by atoms with van der Waals surface area (Å²) in [5.41, 5.74) is 0.362. The molecule has 0 aromatic heterocycles. The Kier molecular flexibility index (Phi) is 6.40. The van der Waals surface area contributed by atoms with E-state index in [0.717, 1.165) is 10.0 Å². The van der Waals surface area contributed by atoms with Crippen LogP contribution in [0.25, 0.3) is 0 Å². The van der Waals surface area contributed by atoms with Gasteiger partial charge in [-0.25, -0.2) is 0 Å². The number of amides is 1. The van der Waals surface area contributed by atoms with Crippen LogP contribution in [0, 0.1) is 5.92 Å². The number of carbonyl (C=O) groups excluding carboxylic acids is 1. The summed E-state index contributed by atoms with van der Waals surface area (Å²) < 4.78 is 1.00. The number of aryl methyl sites for hydroxylation is 1. The van der Waals surface area contributed by atoms with Gasteiger partial charge in [-0.05, 0) is 37.0 Å². The molecule has 1 rings (SSSR count). The lowest BCUT2D eigenvalue weighted by molar-refractivity contribution is -0.139. The average molecular weight is 356 g/mol. The van der Waals surface area contributed by atoms with E-state index in [1.165, 1.54) is 0 Å². The minimum Gasteiger partial charge on any atom is -0.481 e. The molecule has 0 saturated heterocycles. The molecule has 0 saturated carbocycles. The third kappa shape index (κ3) is 5.87. The summed E-state index contributed by atoms with van der Waals surface area (Å²) in [6.45, 7) is 5.61. The summed E-state index contributed by atoms with van der Waals surface area (Å²) in [6.07, 6.45) is 0.915. The fourth-order valence-corrected chi connectivity index (χ4v) is 2.26. The summed E-state index contributed by atoms with van der Waals surface area (Å²) in [6, 6.07) is 7.82. The molecule has 1 atom stereocenters. The highest BCUT2D eigenvalue weighted by Crippen LogP contribution is 2.21. The van der Waals surface area contributed by atoms with Crippen molar-refractivity contribution in [3.8, 4) is 0 Å². The number of carbonyl (C=O) groups is 2. The summed E-state index contributed by atoms with van der Waals surface area (Å²) >= 11 is 3.37. The van der Waals surface area contributed by atoms with Gasteiger partial charge >= 0.3 is 5.97 Å². The normalized spacial score (nSPS) is 13.8. The second kappa shape index (κ2) is 7.59. The van der Waals surface area contributed by atoms with Crippen molar-refractivity contribution in [2.45, 2.75) is 45.6 Å². The van der Waals surface area contributed by atoms with Crippen molar-refractivity contribution in [2.75, 3.05) is 0 Å². The van der Waals surface area contributed by atoms with E-state index >= 15 is 0 Å². The predicted molar refractivity (Wildman–Crippen MR) is 86.1 cm³/mol. The van der Waals surface area contributed by atoms with Gasteiger partial charge in [-0.15, -0.1) is 0 Å². The highest BCUT2D eigenvalue weighted by Gasteiger charge is 2.32. The van der Waals surface area contributed by atoms with Crippen molar-refractivity contribution in [1.29, 1.82) is 0 Å². The monoisotopic (exact) mass is 355 g/mol. The third-order valence-corrected chi connectivity index (χ3v) is 4.30. The number of aliphatic carboxylic acids is 1. The molecule has 5 heteroatoms. The topological polar surface area (TPSA) is 66.4 Å². The standard InChI is InChI=1S/C16H22BrNO3/c1-11(2)16(3,10-15(20)21)18-14(19)9-6-12-4-7-13(17)8-5-12/h4-5,7-8,11H,6,9-10H2,1-3H3,(H,18,19)(H,20,21). The Hall–Kier alpha value is -1.36. The van der Waals surface area contributed by atoms with Gasteiger partial charge in [0.15, 0.2) is 0 Å². The van der Waals surface area contributed by atoms with Crippen LogP contribution in [-0.2, 0) is 16.0 Å². The van der Waals surface area contributed by atoms with Gasteiger partial charge in [0, 0.05) is 16.4 Å². The molecule has 0 aliphatic heterocycles. The van der Waals surface area contributed by atoms with Crippen LogP contribution in [0.1, 0.15) is 39.2 Å². The smallest absolute Gasteiger partial charge is 0.305 e. The van der Waals surface area contributed by atoms with Gasteiger partial charge in [-0.3, -0.25) is 9.59 Å². The molecule has 1 aromatic rings. The van der Waals surface area contributed by atoms with Crippen LogP contribution >= 0.6 is 15.9 Å². The molecule has 4 nitrogen and oxygen atoms in total. The van der Waals surface area contributed by atoms with Gasteiger partial charge in [-0.1, -0.05) is 41.9 Å². The number of hydrogen-bond donors (Lipinski definition) is 2. The average Bonchev–Trinajstić information content (AvgIpc) is 2.36. The van der Waals surface area contributed by atoms with E-state index in [0.29, 0.717) is 12.8 Å². The Morgan fingerprint density at radius 3 is 2.33 bits per heavy atom. The molecule has 116 valence electrons. The molecule has 0 aliphatic rings. The van der Waals surface area contributed by atoms with E-state index in [9.17, 15) is 9.59 Å². The summed E-state index contributed by atoms with van der Waals surface area (Å²) in [5, 5.41) is 11.9. The largest absolute Gasteiger partial charge is 0.481 e. The molecule has 0 heterocycles. The second-order valence-corrected chi connectivity index (χ2v) is 6.73. The lowest BCUT2D eigenvalue weighted by atomic mass is 9.85. The lowest BCUT2D eigenvalue weighted by Gasteiger charge is -2.33. The van der Waals surface area contributed by atoms with Crippen molar-refractivity contribution < 1.29 is 14.7 Å². The quantitative estimate of drug-likeness (QED) is 0.787. The number of carboxylic acid groups (broad SMARTS) is 1. The van der Waals surface area contributed by atoms with Crippen molar-refractivity contribution in [2.24, 2.45) is 5.92 Å². The minimum atomic E-state index is -0.903. The van der Waals surface area contributed by atoms with E-state index in [1.54, 1.807) is 6.92 Å². The second-order valence-electron chi connectivity index (χ2n) is 5.82. The number of nitrogens with one attached hydrogen (secondary N) is 1. The maximum Gasteiger partial charge on any atom is 0.305 e. The van der Waals surface area contributed by atoms with Crippen molar-refractivity contribution in [3.63, 3.8) is 0 Å². The Morgan fingerprint density at radius 1 is 1.29 bits per heavy atom. The van der Waals surface area contributed by atoms with Crippen LogP contribution < -0.4 is 5.32 Å². The van der Waals surface area contributed by atoms with Crippen LogP contribution in [0.5, 0.6) is 0 Å². The van der Waals surface area contributed by atoms with Gasteiger partial charge in [0.1, 0.15) is 0 Å². The van der Waals surface area contributed by atoms with E-state index in [2.05, 4.69) is 21.2 Å². The van der Waals surface area contributed by atoms with Crippen molar-refractivity contribution in [1.82, 2.24) is 5.32 Å². The SMILES string of the molecule is CC(C)C(C)(CC(=O)O)NC(=O)CCc1ccc(Br)cc1. The number of hydrogen-bond acceptors (Lipinski definition) is 2. The maximum absolute atomic E-state index is 12.1. The molecule has 0 bridgehead atoms. The van der Waals surface area contributed by atoms with E-state index in [1.807, 2.05) is 38.1 Å². The molecule has 0 spiro atoms. The molecule has 2 N–H and O–H groups in total. The Labute approximate surface area is 134 Å². The summed E-state index contributed by atoms with van der Waals surface area (Å²) in [7, 11) is 0. The minimum absolute atomic E-state index is 0.0465. The van der Waals surface area contributed by atoms with Crippen LogP contribution in [0.15, 0.2) is 28.7 Å². The van der Waals surface area contributed by atoms with Gasteiger partial charge in [-0.2, -0.15) is 0 Å². The van der Waals surface area contributed by atoms with Crippen molar-refractivity contribution in [3.05, 3.63) is 34.3 Å². The van der Waals surface area contributed by atoms with Crippen LogP contribution in [0.4, 0.5) is 0 Å². The first-order chi connectivity index (χ1) is 9.73. The van der Waals surface area contributed by atoms with Crippen LogP contribution in [0.2, 0.25) is 0 Å². The zero-order chi connectivity index (χ0) is 16.0. The molecular formula is C16H22BrNO3. The molecule has 0 aliphatic carbocycles. The Bertz CT molecular complexity index is 499. The molecule has 0 fully saturated rings. The molecular weight excluding hydrogens is 334 g/mol. The molecule has 1 amide bonds. The number of rotatable bonds is 7. The van der Waals surface area contributed by atoms with Gasteiger partial charge < -0.3 is 10.4 Å². The first-order valence-electron chi connectivity index (χ1n) is 7.00. The van der Waals surface area contributed by atoms with Crippen LogP contribution in [-0.4, -0.2) is 22.5 Å². The highest BCUT2D eigenvalue weighted by atomic mass is 79.9. The number of benzene rings is 1.